The lowest BCUT2D eigenvalue weighted by molar-refractivity contribution is -0.143. The molecule has 0 spiro atoms. The van der Waals surface area contributed by atoms with E-state index in [2.05, 4.69) is 5.32 Å². The Morgan fingerprint density at radius 2 is 1.43 bits per heavy atom. The van der Waals surface area contributed by atoms with Gasteiger partial charge in [0.05, 0.1) is 36.4 Å². The molecule has 1 aliphatic heterocycles. The molecule has 5 nitrogen and oxygen atoms in total. The summed E-state index contributed by atoms with van der Waals surface area (Å²) < 4.78 is 133. The highest BCUT2D eigenvalue weighted by Crippen LogP contribution is 2.43. The number of nitrogens with zero attached hydrogens (tertiary/aromatic N) is 1. The van der Waals surface area contributed by atoms with Crippen LogP contribution in [-0.4, -0.2) is 30.8 Å². The van der Waals surface area contributed by atoms with E-state index >= 15 is 0 Å². The van der Waals surface area contributed by atoms with Crippen LogP contribution in [-0.2, 0) is 41.2 Å². The Morgan fingerprint density at radius 3 is 2.00 bits per heavy atom. The lowest BCUT2D eigenvalue weighted by Gasteiger charge is -2.39. The van der Waals surface area contributed by atoms with Gasteiger partial charge in [0.1, 0.15) is 0 Å². The van der Waals surface area contributed by atoms with E-state index in [9.17, 15) is 44.3 Å². The number of rotatable bonds is 8. The minimum atomic E-state index is -5.14. The predicted molar refractivity (Wildman–Crippen MR) is 141 cm³/mol. The Morgan fingerprint density at radius 1 is 0.818 bits per heavy atom. The van der Waals surface area contributed by atoms with E-state index in [-0.39, 0.29) is 37.0 Å². The Kier molecular flexibility index (Phi) is 9.71. The van der Waals surface area contributed by atoms with Crippen LogP contribution in [0.15, 0.2) is 66.7 Å². The Balaban J connectivity index is 1.69. The monoisotopic (exact) mass is 634 g/mol. The molecule has 0 unspecified atom stereocenters. The average Bonchev–Trinajstić information content (AvgIpc) is 2.96. The highest BCUT2D eigenvalue weighted by atomic mass is 19.4. The molecule has 1 heterocycles. The van der Waals surface area contributed by atoms with Crippen LogP contribution in [0.2, 0.25) is 0 Å². The topological polar surface area (TPSA) is 50.8 Å². The number of ether oxygens (including phenoxy) is 2. The van der Waals surface area contributed by atoms with Crippen LogP contribution >= 0.6 is 0 Å². The SMILES string of the molecule is COC(=O)N(Cc1cc(C(F)(F)F)cc(C(F)(F)F)c1)[C@H]1C[C@@H](CCOCc2ccccc2)Nc2ccc(C(F)(F)F)cc21. The second-order valence-electron chi connectivity index (χ2n) is 10.2. The van der Waals surface area contributed by atoms with Crippen molar-refractivity contribution in [2.24, 2.45) is 0 Å². The van der Waals surface area contributed by atoms with E-state index in [1.165, 1.54) is 6.07 Å². The summed E-state index contributed by atoms with van der Waals surface area (Å²) in [5.74, 6) is 0. The lowest BCUT2D eigenvalue weighted by Crippen LogP contribution is -2.41. The Hall–Kier alpha value is -3.94. The molecule has 0 aliphatic carbocycles. The molecule has 0 radical (unpaired) electrons. The molecular weight excluding hydrogens is 607 g/mol. The molecule has 4 rings (SSSR count). The first-order chi connectivity index (χ1) is 20.6. The van der Waals surface area contributed by atoms with E-state index in [4.69, 9.17) is 9.47 Å². The first-order valence-electron chi connectivity index (χ1n) is 13.3. The summed E-state index contributed by atoms with van der Waals surface area (Å²) in [7, 11) is 0.950. The maximum Gasteiger partial charge on any atom is 0.416 e. The average molecular weight is 635 g/mol. The first kappa shape index (κ1) is 33.0. The fourth-order valence-corrected chi connectivity index (χ4v) is 5.02. The molecule has 44 heavy (non-hydrogen) atoms. The summed E-state index contributed by atoms with van der Waals surface area (Å²) in [5, 5.41) is 3.11. The van der Waals surface area contributed by atoms with Crippen molar-refractivity contribution in [2.75, 3.05) is 19.0 Å². The van der Waals surface area contributed by atoms with Crippen LogP contribution in [0.5, 0.6) is 0 Å². The highest BCUT2D eigenvalue weighted by Gasteiger charge is 2.40. The molecule has 0 bridgehead atoms. The van der Waals surface area contributed by atoms with Crippen LogP contribution in [0.3, 0.4) is 0 Å². The maximum atomic E-state index is 13.6. The van der Waals surface area contributed by atoms with Crippen LogP contribution in [0.4, 0.5) is 50.0 Å². The first-order valence-corrected chi connectivity index (χ1v) is 13.3. The third-order valence-corrected chi connectivity index (χ3v) is 7.11. The zero-order valence-corrected chi connectivity index (χ0v) is 23.1. The van der Waals surface area contributed by atoms with Gasteiger partial charge in [0, 0.05) is 24.9 Å². The van der Waals surface area contributed by atoms with Crippen molar-refractivity contribution >= 4 is 11.8 Å². The quantitative estimate of drug-likeness (QED) is 0.199. The fraction of sp³-hybridized carbons (Fsp3) is 0.367. The molecule has 0 fully saturated rings. The molecule has 1 aliphatic rings. The molecule has 3 aromatic rings. The summed E-state index contributed by atoms with van der Waals surface area (Å²) in [6, 6.07) is 11.2. The van der Waals surface area contributed by atoms with Crippen LogP contribution in [0.1, 0.15) is 52.3 Å². The molecule has 1 amide bonds. The van der Waals surface area contributed by atoms with Gasteiger partial charge in [0.15, 0.2) is 0 Å². The number of fused-ring (bicyclic) bond motifs is 1. The number of carbonyl (C=O) groups excluding carboxylic acids is 1. The van der Waals surface area contributed by atoms with E-state index in [1.54, 1.807) is 0 Å². The third-order valence-electron chi connectivity index (χ3n) is 7.11. The smallest absolute Gasteiger partial charge is 0.416 e. The number of halogens is 9. The van der Waals surface area contributed by atoms with Crippen LogP contribution in [0, 0.1) is 0 Å². The molecular formula is C30H27F9N2O3. The molecule has 14 heteroatoms. The molecule has 2 atom stereocenters. The van der Waals surface area contributed by atoms with Crippen molar-refractivity contribution in [3.8, 4) is 0 Å². The van der Waals surface area contributed by atoms with Crippen LogP contribution in [0.25, 0.3) is 0 Å². The van der Waals surface area contributed by atoms with E-state index in [1.807, 2.05) is 30.3 Å². The molecule has 3 aromatic carbocycles. The zero-order valence-electron chi connectivity index (χ0n) is 23.1. The number of alkyl halides is 9. The number of benzene rings is 3. The van der Waals surface area contributed by atoms with Gasteiger partial charge >= 0.3 is 24.6 Å². The number of nitrogens with one attached hydrogen (secondary N) is 1. The molecule has 0 saturated carbocycles. The minimum Gasteiger partial charge on any atom is -0.453 e. The van der Waals surface area contributed by atoms with Gasteiger partial charge in [-0.25, -0.2) is 4.79 Å². The zero-order chi connectivity index (χ0) is 32.3. The van der Waals surface area contributed by atoms with Crippen molar-refractivity contribution < 1.29 is 53.8 Å². The van der Waals surface area contributed by atoms with Crippen LogP contribution < -0.4 is 5.32 Å². The van der Waals surface area contributed by atoms with Gasteiger partial charge < -0.3 is 14.8 Å². The van der Waals surface area contributed by atoms with E-state index in [0.717, 1.165) is 29.7 Å². The van der Waals surface area contributed by atoms with E-state index in [0.29, 0.717) is 18.6 Å². The van der Waals surface area contributed by atoms with Gasteiger partial charge in [-0.05, 0) is 65.9 Å². The summed E-state index contributed by atoms with van der Waals surface area (Å²) in [6.07, 6.45) is -15.9. The summed E-state index contributed by atoms with van der Waals surface area (Å²) in [5.41, 5.74) is -3.66. The van der Waals surface area contributed by atoms with Gasteiger partial charge in [-0.15, -0.1) is 0 Å². The normalized spacial score (nSPS) is 17.0. The van der Waals surface area contributed by atoms with Gasteiger partial charge in [-0.2, -0.15) is 39.5 Å². The standard InChI is InChI=1S/C30H27F9N2O3/c1-43-27(42)41(16-19-11-21(29(34,35)36)13-22(12-19)30(37,38)39)26-15-23(9-10-44-17-18-5-3-2-4-6-18)40-25-8-7-20(14-24(25)26)28(31,32)33/h2-8,11-14,23,26,40H,9-10,15-17H2,1H3/t23-,26+/m1/s1. The highest BCUT2D eigenvalue weighted by molar-refractivity contribution is 5.70. The second-order valence-corrected chi connectivity index (χ2v) is 10.2. The number of hydrogen-bond acceptors (Lipinski definition) is 4. The fourth-order valence-electron chi connectivity index (χ4n) is 5.02. The Bertz CT molecular complexity index is 1410. The summed E-state index contributed by atoms with van der Waals surface area (Å²) in [4.78, 5) is 13.8. The minimum absolute atomic E-state index is 0.0188. The van der Waals surface area contributed by atoms with Gasteiger partial charge in [0.25, 0.3) is 0 Å². The van der Waals surface area contributed by atoms with Crippen molar-refractivity contribution in [3.05, 3.63) is 100 Å². The van der Waals surface area contributed by atoms with Crippen molar-refractivity contribution in [1.82, 2.24) is 4.90 Å². The lowest BCUT2D eigenvalue weighted by atomic mass is 9.89. The largest absolute Gasteiger partial charge is 0.453 e. The Labute approximate surface area is 246 Å². The third kappa shape index (κ3) is 8.16. The number of carbonyl (C=O) groups is 1. The molecule has 238 valence electrons. The van der Waals surface area contributed by atoms with Crippen molar-refractivity contribution in [1.29, 1.82) is 0 Å². The van der Waals surface area contributed by atoms with Gasteiger partial charge in [-0.1, -0.05) is 30.3 Å². The summed E-state index contributed by atoms with van der Waals surface area (Å²) >= 11 is 0. The second kappa shape index (κ2) is 13.0. The van der Waals surface area contributed by atoms with Crippen molar-refractivity contribution in [3.63, 3.8) is 0 Å². The molecule has 0 aromatic heterocycles. The number of anilines is 1. The van der Waals surface area contributed by atoms with E-state index < -0.39 is 65.5 Å². The summed E-state index contributed by atoms with van der Waals surface area (Å²) in [6.45, 7) is -0.318. The molecule has 1 N–H and O–H groups in total. The maximum absolute atomic E-state index is 13.6. The predicted octanol–water partition coefficient (Wildman–Crippen LogP) is 8.84. The number of hydrogen-bond donors (Lipinski definition) is 1. The van der Waals surface area contributed by atoms with Gasteiger partial charge in [0.2, 0.25) is 0 Å². The number of amides is 1. The van der Waals surface area contributed by atoms with Gasteiger partial charge in [-0.3, -0.25) is 4.90 Å². The van der Waals surface area contributed by atoms with Crippen molar-refractivity contribution in [2.45, 2.75) is 56.6 Å². The molecule has 0 saturated heterocycles. The number of methoxy groups -OCH3 is 1.